The van der Waals surface area contributed by atoms with E-state index in [9.17, 15) is 0 Å². The molecule has 0 amide bonds. The number of piperazine rings is 1. The summed E-state index contributed by atoms with van der Waals surface area (Å²) in [6.45, 7) is 3.70. The quantitative estimate of drug-likeness (QED) is 0.839. The van der Waals surface area contributed by atoms with Crippen molar-refractivity contribution in [3.05, 3.63) is 65.7 Å². The molecule has 1 aliphatic carbocycles. The third-order valence-corrected chi connectivity index (χ3v) is 6.07. The van der Waals surface area contributed by atoms with Crippen LogP contribution in [-0.2, 0) is 13.1 Å². The molecule has 0 aromatic heterocycles. The Bertz CT molecular complexity index is 774. The molecule has 1 saturated heterocycles. The van der Waals surface area contributed by atoms with Gasteiger partial charge in [0.1, 0.15) is 11.6 Å². The van der Waals surface area contributed by atoms with Crippen molar-refractivity contribution in [2.24, 2.45) is 4.99 Å². The molecule has 0 bridgehead atoms. The Labute approximate surface area is 168 Å². The lowest BCUT2D eigenvalue weighted by atomic mass is 9.79. The first kappa shape index (κ1) is 19.0. The summed E-state index contributed by atoms with van der Waals surface area (Å²) in [6.07, 6.45) is 6.30. The number of nitrogens with zero attached hydrogens (tertiary/aromatic N) is 2. The molecular weight excluding hydrogens is 346 g/mol. The van der Waals surface area contributed by atoms with Gasteiger partial charge in [-0.25, -0.2) is 0 Å². The van der Waals surface area contributed by atoms with Crippen molar-refractivity contribution in [1.82, 2.24) is 10.2 Å². The molecule has 0 radical (unpaired) electrons. The van der Waals surface area contributed by atoms with E-state index in [1.165, 1.54) is 49.1 Å². The summed E-state index contributed by atoms with van der Waals surface area (Å²) in [5.74, 6) is 2.16. The smallest absolute Gasteiger partial charge is 0.120 e. The van der Waals surface area contributed by atoms with Gasteiger partial charge < -0.3 is 15.0 Å². The van der Waals surface area contributed by atoms with Crippen LogP contribution in [0.3, 0.4) is 0 Å². The molecule has 1 aliphatic heterocycles. The monoisotopic (exact) mass is 377 g/mol. The van der Waals surface area contributed by atoms with Gasteiger partial charge in [0.2, 0.25) is 0 Å². The predicted molar refractivity (Wildman–Crippen MR) is 115 cm³/mol. The van der Waals surface area contributed by atoms with Crippen molar-refractivity contribution in [3.63, 3.8) is 0 Å². The lowest BCUT2D eigenvalue weighted by Gasteiger charge is -2.48. The standard InChI is InChI=1S/C24H31N3O/c1-28-22-12-10-20(11-13-22)18-25-23-24(14-6-3-7-15-24)26-16-17-27(23)19-21-8-4-2-5-9-21/h2,4-5,8-13,26H,3,6-7,14-19H2,1H3. The maximum Gasteiger partial charge on any atom is 0.120 e. The van der Waals surface area contributed by atoms with Crippen LogP contribution in [0.15, 0.2) is 59.6 Å². The van der Waals surface area contributed by atoms with E-state index in [2.05, 4.69) is 52.7 Å². The fourth-order valence-corrected chi connectivity index (χ4v) is 4.58. The van der Waals surface area contributed by atoms with E-state index in [1.807, 2.05) is 12.1 Å². The zero-order valence-electron chi connectivity index (χ0n) is 16.9. The van der Waals surface area contributed by atoms with Crippen LogP contribution < -0.4 is 10.1 Å². The summed E-state index contributed by atoms with van der Waals surface area (Å²) in [5.41, 5.74) is 2.63. The predicted octanol–water partition coefficient (Wildman–Crippen LogP) is 4.40. The van der Waals surface area contributed by atoms with Gasteiger partial charge >= 0.3 is 0 Å². The van der Waals surface area contributed by atoms with Crippen LogP contribution in [0.5, 0.6) is 5.75 Å². The Balaban J connectivity index is 1.60. The van der Waals surface area contributed by atoms with Gasteiger partial charge in [-0.1, -0.05) is 61.7 Å². The number of hydrogen-bond acceptors (Lipinski definition) is 3. The molecule has 2 fully saturated rings. The number of amidine groups is 1. The van der Waals surface area contributed by atoms with Crippen LogP contribution in [0.4, 0.5) is 0 Å². The fourth-order valence-electron chi connectivity index (χ4n) is 4.58. The third-order valence-electron chi connectivity index (χ3n) is 6.07. The average molecular weight is 378 g/mol. The minimum atomic E-state index is 0.0533. The highest BCUT2D eigenvalue weighted by molar-refractivity contribution is 5.92. The van der Waals surface area contributed by atoms with Crippen LogP contribution >= 0.6 is 0 Å². The van der Waals surface area contributed by atoms with Gasteiger partial charge in [-0.05, 0) is 36.1 Å². The number of ether oxygens (including phenoxy) is 1. The first-order valence-corrected chi connectivity index (χ1v) is 10.5. The van der Waals surface area contributed by atoms with Crippen molar-refractivity contribution in [2.45, 2.75) is 50.7 Å². The second-order valence-electron chi connectivity index (χ2n) is 7.96. The van der Waals surface area contributed by atoms with E-state index in [-0.39, 0.29) is 5.54 Å². The fraction of sp³-hybridized carbons (Fsp3) is 0.458. The summed E-state index contributed by atoms with van der Waals surface area (Å²) in [4.78, 5) is 7.72. The van der Waals surface area contributed by atoms with Gasteiger partial charge in [-0.15, -0.1) is 0 Å². The van der Waals surface area contributed by atoms with E-state index in [4.69, 9.17) is 9.73 Å². The molecule has 4 heteroatoms. The Morgan fingerprint density at radius 2 is 1.71 bits per heavy atom. The highest BCUT2D eigenvalue weighted by Crippen LogP contribution is 2.33. The maximum atomic E-state index is 5.28. The molecule has 2 aromatic carbocycles. The Morgan fingerprint density at radius 3 is 2.43 bits per heavy atom. The number of rotatable bonds is 5. The zero-order valence-corrected chi connectivity index (χ0v) is 16.9. The van der Waals surface area contributed by atoms with Crippen LogP contribution in [0.25, 0.3) is 0 Å². The largest absolute Gasteiger partial charge is 0.497 e. The minimum Gasteiger partial charge on any atom is -0.497 e. The van der Waals surface area contributed by atoms with E-state index < -0.39 is 0 Å². The van der Waals surface area contributed by atoms with E-state index in [1.54, 1.807) is 7.11 Å². The highest BCUT2D eigenvalue weighted by atomic mass is 16.5. The molecule has 2 aliphatic rings. The molecule has 0 unspecified atom stereocenters. The first-order chi connectivity index (χ1) is 13.8. The molecule has 4 nitrogen and oxygen atoms in total. The first-order valence-electron chi connectivity index (χ1n) is 10.5. The van der Waals surface area contributed by atoms with Crippen LogP contribution in [0.2, 0.25) is 0 Å². The molecule has 1 saturated carbocycles. The van der Waals surface area contributed by atoms with Crippen molar-refractivity contribution in [3.8, 4) is 5.75 Å². The van der Waals surface area contributed by atoms with Gasteiger partial charge in [0.25, 0.3) is 0 Å². The Morgan fingerprint density at radius 1 is 0.964 bits per heavy atom. The second-order valence-corrected chi connectivity index (χ2v) is 7.96. The summed E-state index contributed by atoms with van der Waals surface area (Å²) >= 11 is 0. The number of methoxy groups -OCH3 is 1. The Hall–Kier alpha value is -2.33. The lowest BCUT2D eigenvalue weighted by Crippen LogP contribution is -2.64. The van der Waals surface area contributed by atoms with Gasteiger partial charge in [0, 0.05) is 19.6 Å². The summed E-state index contributed by atoms with van der Waals surface area (Å²) in [7, 11) is 1.71. The molecular formula is C24H31N3O. The number of nitrogens with one attached hydrogen (secondary N) is 1. The topological polar surface area (TPSA) is 36.9 Å². The molecule has 28 heavy (non-hydrogen) atoms. The number of aliphatic imine (C=N–C) groups is 1. The van der Waals surface area contributed by atoms with Crippen molar-refractivity contribution in [1.29, 1.82) is 0 Å². The van der Waals surface area contributed by atoms with Gasteiger partial charge in [-0.2, -0.15) is 0 Å². The molecule has 148 valence electrons. The average Bonchev–Trinajstić information content (AvgIpc) is 2.75. The molecule has 1 N–H and O–H groups in total. The van der Waals surface area contributed by atoms with Crippen LogP contribution in [0.1, 0.15) is 43.2 Å². The normalized spacial score (nSPS) is 20.5. The van der Waals surface area contributed by atoms with E-state index in [0.717, 1.165) is 25.4 Å². The lowest BCUT2D eigenvalue weighted by molar-refractivity contribution is 0.227. The highest BCUT2D eigenvalue weighted by Gasteiger charge is 2.42. The van der Waals surface area contributed by atoms with Gasteiger partial charge in [-0.3, -0.25) is 4.99 Å². The minimum absolute atomic E-state index is 0.0533. The molecule has 2 aromatic rings. The molecule has 0 atom stereocenters. The summed E-state index contributed by atoms with van der Waals surface area (Å²) < 4.78 is 5.28. The maximum absolute atomic E-state index is 5.28. The van der Waals surface area contributed by atoms with Crippen molar-refractivity contribution in [2.75, 3.05) is 20.2 Å². The zero-order chi connectivity index (χ0) is 19.2. The van der Waals surface area contributed by atoms with E-state index >= 15 is 0 Å². The van der Waals surface area contributed by atoms with Crippen molar-refractivity contribution < 1.29 is 4.74 Å². The third kappa shape index (κ3) is 4.22. The molecule has 1 spiro atoms. The molecule has 1 heterocycles. The Kier molecular flexibility index (Phi) is 5.96. The summed E-state index contributed by atoms with van der Waals surface area (Å²) in [5, 5.41) is 3.86. The second kappa shape index (κ2) is 8.78. The van der Waals surface area contributed by atoms with Gasteiger partial charge in [0.15, 0.2) is 0 Å². The number of benzene rings is 2. The number of hydrogen-bond donors (Lipinski definition) is 1. The van der Waals surface area contributed by atoms with Crippen LogP contribution in [-0.4, -0.2) is 36.5 Å². The van der Waals surface area contributed by atoms with Gasteiger partial charge in [0.05, 0.1) is 19.2 Å². The summed E-state index contributed by atoms with van der Waals surface area (Å²) in [6, 6.07) is 19.1. The molecule has 4 rings (SSSR count). The van der Waals surface area contributed by atoms with Crippen molar-refractivity contribution >= 4 is 5.84 Å². The van der Waals surface area contributed by atoms with Crippen LogP contribution in [0, 0.1) is 0 Å². The SMILES string of the molecule is COc1ccc(CN=C2N(Cc3ccccc3)CCNC23CCCCC3)cc1. The van der Waals surface area contributed by atoms with E-state index in [0.29, 0.717) is 6.54 Å².